The van der Waals surface area contributed by atoms with Gasteiger partial charge in [-0.2, -0.15) is 4.98 Å². The van der Waals surface area contributed by atoms with Gasteiger partial charge in [0, 0.05) is 29.1 Å². The molecule has 3 N–H and O–H groups in total. The molecule has 10 nitrogen and oxygen atoms in total. The van der Waals surface area contributed by atoms with Gasteiger partial charge in [0.1, 0.15) is 18.9 Å². The molecule has 2 fully saturated rings. The molecule has 0 amide bonds. The zero-order valence-electron chi connectivity index (χ0n) is 25.9. The van der Waals surface area contributed by atoms with E-state index >= 15 is 0 Å². The maximum atomic E-state index is 13.6. The molecular formula is C33H42N4O6S. The van der Waals surface area contributed by atoms with Crippen LogP contribution in [0, 0.1) is 24.7 Å². The predicted octanol–water partition coefficient (Wildman–Crippen LogP) is 4.59. The largest absolute Gasteiger partial charge is 0.476 e. The molecule has 1 saturated heterocycles. The first-order chi connectivity index (χ1) is 20.8. The Morgan fingerprint density at radius 1 is 1.02 bits per heavy atom. The number of hydrogen-bond donors (Lipinski definition) is 3. The first kappa shape index (κ1) is 30.9. The zero-order chi connectivity index (χ0) is 31.4. The fourth-order valence-electron chi connectivity index (χ4n) is 6.82. The summed E-state index contributed by atoms with van der Waals surface area (Å²) < 4.78 is 42.5. The fourth-order valence-corrected chi connectivity index (χ4v) is 7.81. The highest BCUT2D eigenvalue weighted by molar-refractivity contribution is 7.92. The standard InChI is InChI=1S/C33H42N4O6S/c1-20-8-6-9-21(2)28(20)26-13-27-35-31(34-26)36-44(40,41)25-11-7-10-22(12-25)29-30(43-29)37(23-15-33(16-23,18-38)19-39)24(17-42-27)14-32(3,4)5/h6-13,23-24,29-30,38-39H,14-19H2,1-5H3,(H,34,35,36)/t24-,29?,30?/m1/s1. The molecular weight excluding hydrogens is 580 g/mol. The molecule has 2 aliphatic heterocycles. The van der Waals surface area contributed by atoms with Crippen molar-refractivity contribution in [3.8, 4) is 17.1 Å². The zero-order valence-corrected chi connectivity index (χ0v) is 26.8. The van der Waals surface area contributed by atoms with Crippen molar-refractivity contribution in [2.45, 2.75) is 83.2 Å². The SMILES string of the molecule is Cc1cccc(C)c1-c1cc2nc(n1)NS(=O)(=O)c1cccc(c1)C1OC1N(C1CC(CO)(CO)C1)[C@H](CC(C)(C)C)CO2. The van der Waals surface area contributed by atoms with Crippen LogP contribution >= 0.6 is 0 Å². The van der Waals surface area contributed by atoms with Crippen LogP contribution in [0.3, 0.4) is 0 Å². The van der Waals surface area contributed by atoms with E-state index in [0.29, 0.717) is 18.5 Å². The molecule has 1 aliphatic carbocycles. The lowest BCUT2D eigenvalue weighted by molar-refractivity contribution is -0.102. The minimum absolute atomic E-state index is 0.0489. The van der Waals surface area contributed by atoms with E-state index in [1.54, 1.807) is 24.3 Å². The maximum Gasteiger partial charge on any atom is 0.264 e. The lowest BCUT2D eigenvalue weighted by atomic mass is 9.65. The van der Waals surface area contributed by atoms with Crippen LogP contribution in [-0.2, 0) is 14.8 Å². The number of aryl methyl sites for hydroxylation is 2. The van der Waals surface area contributed by atoms with Gasteiger partial charge in [0.15, 0.2) is 0 Å². The number of fused-ring (bicyclic) bond motifs is 6. The smallest absolute Gasteiger partial charge is 0.264 e. The van der Waals surface area contributed by atoms with Gasteiger partial charge >= 0.3 is 0 Å². The third-order valence-corrected chi connectivity index (χ3v) is 10.4. The molecule has 3 atom stereocenters. The number of nitrogens with one attached hydrogen (secondary N) is 1. The molecule has 44 heavy (non-hydrogen) atoms. The van der Waals surface area contributed by atoms with Gasteiger partial charge in [-0.1, -0.05) is 51.1 Å². The molecule has 0 spiro atoms. The summed E-state index contributed by atoms with van der Waals surface area (Å²) >= 11 is 0. The van der Waals surface area contributed by atoms with Gasteiger partial charge < -0.3 is 19.7 Å². The minimum atomic E-state index is -4.03. The topological polar surface area (TPSA) is 137 Å². The van der Waals surface area contributed by atoms with Crippen molar-refractivity contribution in [1.29, 1.82) is 0 Å². The molecule has 2 aromatic carbocycles. The number of hydrogen-bond acceptors (Lipinski definition) is 9. The van der Waals surface area contributed by atoms with Crippen LogP contribution in [0.1, 0.15) is 62.8 Å². The third kappa shape index (κ3) is 6.08. The molecule has 6 rings (SSSR count). The van der Waals surface area contributed by atoms with Crippen LogP contribution in [0.4, 0.5) is 5.95 Å². The van der Waals surface area contributed by atoms with E-state index in [2.05, 4.69) is 40.4 Å². The molecule has 3 heterocycles. The van der Waals surface area contributed by atoms with Crippen LogP contribution in [0.2, 0.25) is 0 Å². The number of aliphatic hydroxyl groups excluding tert-OH is 2. The summed E-state index contributed by atoms with van der Waals surface area (Å²) in [7, 11) is -4.03. The summed E-state index contributed by atoms with van der Waals surface area (Å²) in [5, 5.41) is 20.1. The Labute approximate surface area is 259 Å². The van der Waals surface area contributed by atoms with Crippen LogP contribution < -0.4 is 9.46 Å². The summed E-state index contributed by atoms with van der Waals surface area (Å²) in [4.78, 5) is 11.6. The second-order valence-corrected chi connectivity index (χ2v) is 15.5. The Hall–Kier alpha value is -3.09. The van der Waals surface area contributed by atoms with Crippen molar-refractivity contribution < 1.29 is 28.1 Å². The number of rotatable bonds is 5. The van der Waals surface area contributed by atoms with Crippen molar-refractivity contribution in [2.75, 3.05) is 24.5 Å². The number of aromatic nitrogens is 2. The molecule has 1 saturated carbocycles. The second-order valence-electron chi connectivity index (χ2n) is 13.9. The number of anilines is 1. The first-order valence-corrected chi connectivity index (χ1v) is 16.7. The average molecular weight is 623 g/mol. The molecule has 1 aromatic heterocycles. The van der Waals surface area contributed by atoms with Crippen LogP contribution in [0.5, 0.6) is 5.88 Å². The summed E-state index contributed by atoms with van der Waals surface area (Å²) in [6.07, 6.45) is 1.42. The molecule has 0 radical (unpaired) electrons. The number of nitrogens with zero attached hydrogens (tertiary/aromatic N) is 3. The third-order valence-electron chi connectivity index (χ3n) is 9.05. The Morgan fingerprint density at radius 2 is 1.70 bits per heavy atom. The summed E-state index contributed by atoms with van der Waals surface area (Å²) in [5.74, 6) is 0.198. The molecule has 3 aromatic rings. The van der Waals surface area contributed by atoms with Crippen molar-refractivity contribution in [3.05, 3.63) is 65.2 Å². The van der Waals surface area contributed by atoms with E-state index < -0.39 is 15.4 Å². The van der Waals surface area contributed by atoms with E-state index in [-0.39, 0.29) is 66.4 Å². The van der Waals surface area contributed by atoms with Gasteiger partial charge in [-0.15, -0.1) is 0 Å². The number of benzene rings is 2. The highest BCUT2D eigenvalue weighted by Gasteiger charge is 2.56. The van der Waals surface area contributed by atoms with Crippen LogP contribution in [0.25, 0.3) is 11.3 Å². The molecule has 11 heteroatoms. The molecule has 2 unspecified atom stereocenters. The highest BCUT2D eigenvalue weighted by Crippen LogP contribution is 2.51. The maximum absolute atomic E-state index is 13.6. The highest BCUT2D eigenvalue weighted by atomic mass is 32.2. The van der Waals surface area contributed by atoms with E-state index in [0.717, 1.165) is 28.7 Å². The van der Waals surface area contributed by atoms with E-state index in [4.69, 9.17) is 9.47 Å². The van der Waals surface area contributed by atoms with Crippen LogP contribution in [-0.4, -0.2) is 71.6 Å². The van der Waals surface area contributed by atoms with Gasteiger partial charge in [0.2, 0.25) is 11.8 Å². The Bertz CT molecular complexity index is 1620. The van der Waals surface area contributed by atoms with Crippen molar-refractivity contribution in [2.24, 2.45) is 10.8 Å². The first-order valence-electron chi connectivity index (χ1n) is 15.2. The van der Waals surface area contributed by atoms with Gasteiger partial charge in [0.05, 0.1) is 23.8 Å². The number of ether oxygens (including phenoxy) is 2. The minimum Gasteiger partial charge on any atom is -0.476 e. The number of epoxide rings is 1. The Kier molecular flexibility index (Phi) is 7.99. The van der Waals surface area contributed by atoms with Gasteiger partial charge in [-0.05, 0) is 67.3 Å². The second kappa shape index (κ2) is 11.4. The lowest BCUT2D eigenvalue weighted by Gasteiger charge is -2.52. The van der Waals surface area contributed by atoms with E-state index in [1.165, 1.54) is 0 Å². The fraction of sp³-hybridized carbons (Fsp3) is 0.515. The molecule has 236 valence electrons. The monoisotopic (exact) mass is 622 g/mol. The van der Waals surface area contributed by atoms with Gasteiger partial charge in [-0.3, -0.25) is 4.90 Å². The summed E-state index contributed by atoms with van der Waals surface area (Å²) in [6, 6.07) is 14.5. The molecule has 3 aliphatic rings. The number of aliphatic hydroxyl groups is 2. The van der Waals surface area contributed by atoms with E-state index in [1.807, 2.05) is 38.1 Å². The Balaban J connectivity index is 1.46. The van der Waals surface area contributed by atoms with E-state index in [9.17, 15) is 18.6 Å². The lowest BCUT2D eigenvalue weighted by Crippen LogP contribution is -2.59. The summed E-state index contributed by atoms with van der Waals surface area (Å²) in [5.41, 5.74) is 3.64. The van der Waals surface area contributed by atoms with Gasteiger partial charge in [0.25, 0.3) is 10.0 Å². The summed E-state index contributed by atoms with van der Waals surface area (Å²) in [6.45, 7) is 10.7. The average Bonchev–Trinajstić information content (AvgIpc) is 3.72. The van der Waals surface area contributed by atoms with Crippen molar-refractivity contribution in [1.82, 2.24) is 14.9 Å². The number of sulfonamides is 1. The molecule has 4 bridgehead atoms. The predicted molar refractivity (Wildman–Crippen MR) is 167 cm³/mol. The van der Waals surface area contributed by atoms with Crippen molar-refractivity contribution in [3.63, 3.8) is 0 Å². The van der Waals surface area contributed by atoms with Gasteiger partial charge in [-0.25, -0.2) is 18.1 Å². The Morgan fingerprint density at radius 3 is 2.36 bits per heavy atom. The van der Waals surface area contributed by atoms with Crippen molar-refractivity contribution >= 4 is 16.0 Å². The van der Waals surface area contributed by atoms with Crippen LogP contribution in [0.15, 0.2) is 53.4 Å². The quantitative estimate of drug-likeness (QED) is 0.349. The normalized spacial score (nSPS) is 24.7.